The van der Waals surface area contributed by atoms with Crippen molar-refractivity contribution in [1.82, 2.24) is 30.3 Å². The largest absolute Gasteiger partial charge is 0.490 e. The van der Waals surface area contributed by atoms with Crippen molar-refractivity contribution in [1.29, 1.82) is 5.26 Å². The van der Waals surface area contributed by atoms with Crippen LogP contribution in [0.2, 0.25) is 5.02 Å². The van der Waals surface area contributed by atoms with E-state index in [1.165, 1.54) is 0 Å². The van der Waals surface area contributed by atoms with Crippen LogP contribution < -0.4 is 25.2 Å². The van der Waals surface area contributed by atoms with Gasteiger partial charge in [0.15, 0.2) is 11.5 Å². The van der Waals surface area contributed by atoms with Crippen LogP contribution in [-0.4, -0.2) is 88.4 Å². The highest BCUT2D eigenvalue weighted by Gasteiger charge is 2.31. The van der Waals surface area contributed by atoms with E-state index in [1.54, 1.807) is 29.2 Å². The van der Waals surface area contributed by atoms with E-state index in [4.69, 9.17) is 21.6 Å². The second-order valence-corrected chi connectivity index (χ2v) is 15.2. The van der Waals surface area contributed by atoms with Gasteiger partial charge in [0, 0.05) is 74.9 Å². The second kappa shape index (κ2) is 15.7. The molecule has 54 heavy (non-hydrogen) atoms. The molecule has 14 heteroatoms. The quantitative estimate of drug-likeness (QED) is 0.227. The third kappa shape index (κ3) is 7.58. The molecule has 1 aliphatic carbocycles. The molecule has 0 spiro atoms. The Morgan fingerprint density at radius 3 is 2.37 bits per heavy atom. The molecule has 2 aromatic carbocycles. The maximum absolute atomic E-state index is 13.0. The van der Waals surface area contributed by atoms with Crippen LogP contribution in [0.25, 0.3) is 10.9 Å². The lowest BCUT2D eigenvalue weighted by Gasteiger charge is -2.42. The molecule has 0 radical (unpaired) electrons. The highest BCUT2D eigenvalue weighted by Crippen LogP contribution is 2.35. The highest BCUT2D eigenvalue weighted by molar-refractivity contribution is 6.31. The number of halogens is 1. The Morgan fingerprint density at radius 2 is 1.67 bits per heavy atom. The van der Waals surface area contributed by atoms with Crippen LogP contribution >= 0.6 is 11.6 Å². The standard InChI is InChI=1S/C40H44ClN9O4/c41-33-24-31(7-4-26(33)25-42)54-30-8-5-27(6-9-30)43-39(52)34-10-11-37(46-45-34)48-20-12-28(13-21-48)47-18-14-29(15-19-47)49-22-16-32-35(49)2-1-3-36(32)50-23-17-38(51)44-40(50)53/h1-4,7,10-11,16,22,24,27-30H,5-6,8-9,12-15,17-21,23H2,(H,43,52)(H,44,51,53). The van der Waals surface area contributed by atoms with Crippen molar-refractivity contribution in [2.75, 3.05) is 42.5 Å². The zero-order valence-corrected chi connectivity index (χ0v) is 30.9. The van der Waals surface area contributed by atoms with Gasteiger partial charge in [0.1, 0.15) is 11.8 Å². The molecule has 3 saturated heterocycles. The average molecular weight is 750 g/mol. The molecule has 2 aromatic heterocycles. The Morgan fingerprint density at radius 1 is 0.889 bits per heavy atom. The summed E-state index contributed by atoms with van der Waals surface area (Å²) in [6.07, 6.45) is 9.92. The number of aromatic nitrogens is 3. The van der Waals surface area contributed by atoms with E-state index in [-0.39, 0.29) is 30.0 Å². The zero-order chi connectivity index (χ0) is 37.2. The number of ether oxygens (including phenoxy) is 1. The third-order valence-corrected chi connectivity index (χ3v) is 11.9. The molecule has 5 heterocycles. The summed E-state index contributed by atoms with van der Waals surface area (Å²) in [5.41, 5.74) is 2.71. The molecule has 3 aliphatic heterocycles. The topological polar surface area (TPSA) is 149 Å². The highest BCUT2D eigenvalue weighted by atomic mass is 35.5. The van der Waals surface area contributed by atoms with Crippen molar-refractivity contribution in [3.05, 3.63) is 77.1 Å². The predicted octanol–water partition coefficient (Wildman–Crippen LogP) is 5.83. The molecule has 4 aliphatic rings. The fourth-order valence-corrected chi connectivity index (χ4v) is 8.77. The molecule has 1 saturated carbocycles. The summed E-state index contributed by atoms with van der Waals surface area (Å²) >= 11 is 6.15. The number of likely N-dealkylation sites (tertiary alicyclic amines) is 1. The van der Waals surface area contributed by atoms with Crippen LogP contribution in [0.3, 0.4) is 0 Å². The monoisotopic (exact) mass is 749 g/mol. The zero-order valence-electron chi connectivity index (χ0n) is 30.1. The number of nitrogens with zero attached hydrogens (tertiary/aromatic N) is 7. The van der Waals surface area contributed by atoms with Crippen LogP contribution in [0.4, 0.5) is 16.3 Å². The number of nitrogens with one attached hydrogen (secondary N) is 2. The SMILES string of the molecule is N#Cc1ccc(OC2CCC(NC(=O)c3ccc(N4CCC(N5CCC(n6ccc7c(N8CCC(=O)NC8=O)cccc76)CC5)CC4)nn3)CC2)cc1Cl. The van der Waals surface area contributed by atoms with Crippen LogP contribution in [0.5, 0.6) is 5.75 Å². The first-order chi connectivity index (χ1) is 26.3. The van der Waals surface area contributed by atoms with E-state index in [0.717, 1.165) is 100.0 Å². The van der Waals surface area contributed by atoms with Crippen LogP contribution in [0.1, 0.15) is 79.9 Å². The van der Waals surface area contributed by atoms with Crippen molar-refractivity contribution in [2.45, 2.75) is 82.0 Å². The number of carbonyl (C=O) groups is 3. The summed E-state index contributed by atoms with van der Waals surface area (Å²) in [6.45, 7) is 4.25. The lowest BCUT2D eigenvalue weighted by atomic mass is 9.93. The number of rotatable bonds is 8. The van der Waals surface area contributed by atoms with Crippen molar-refractivity contribution < 1.29 is 19.1 Å². The summed E-state index contributed by atoms with van der Waals surface area (Å²) in [4.78, 5) is 43.8. The van der Waals surface area contributed by atoms with E-state index >= 15 is 0 Å². The molecule has 8 rings (SSSR count). The lowest BCUT2D eigenvalue weighted by molar-refractivity contribution is -0.120. The molecule has 4 aromatic rings. The first kappa shape index (κ1) is 35.8. The number of piperidine rings is 2. The van der Waals surface area contributed by atoms with Gasteiger partial charge in [-0.2, -0.15) is 5.26 Å². The summed E-state index contributed by atoms with van der Waals surface area (Å²) in [5.74, 6) is 1.02. The van der Waals surface area contributed by atoms with Gasteiger partial charge < -0.3 is 24.4 Å². The molecule has 280 valence electrons. The fourth-order valence-electron chi connectivity index (χ4n) is 8.56. The number of imide groups is 1. The molecule has 2 N–H and O–H groups in total. The predicted molar refractivity (Wildman–Crippen MR) is 205 cm³/mol. The Kier molecular flexibility index (Phi) is 10.4. The molecule has 0 bridgehead atoms. The Balaban J connectivity index is 0.781. The third-order valence-electron chi connectivity index (χ3n) is 11.5. The van der Waals surface area contributed by atoms with Crippen molar-refractivity contribution >= 4 is 51.9 Å². The number of carbonyl (C=O) groups excluding carboxylic acids is 3. The summed E-state index contributed by atoms with van der Waals surface area (Å²) < 4.78 is 8.45. The van der Waals surface area contributed by atoms with Gasteiger partial charge in [0.05, 0.1) is 27.9 Å². The Hall–Kier alpha value is -5.19. The summed E-state index contributed by atoms with van der Waals surface area (Å²) in [7, 11) is 0. The molecular formula is C40H44ClN9O4. The van der Waals surface area contributed by atoms with Gasteiger partial charge in [-0.3, -0.25) is 19.8 Å². The van der Waals surface area contributed by atoms with Crippen molar-refractivity contribution in [3.63, 3.8) is 0 Å². The molecule has 0 unspecified atom stereocenters. The minimum absolute atomic E-state index is 0.0325. The fraction of sp³-hybridized carbons (Fsp3) is 0.450. The normalized spacial score (nSPS) is 21.9. The van der Waals surface area contributed by atoms with E-state index in [2.05, 4.69) is 59.6 Å². The number of anilines is 2. The minimum atomic E-state index is -0.358. The second-order valence-electron chi connectivity index (χ2n) is 14.8. The first-order valence-electron chi connectivity index (χ1n) is 19.0. The molecule has 13 nitrogen and oxygen atoms in total. The van der Waals surface area contributed by atoms with Crippen molar-refractivity contribution in [3.8, 4) is 11.8 Å². The molecular weight excluding hydrogens is 706 g/mol. The van der Waals surface area contributed by atoms with E-state index in [9.17, 15) is 14.4 Å². The van der Waals surface area contributed by atoms with E-state index in [0.29, 0.717) is 47.1 Å². The first-order valence-corrected chi connectivity index (χ1v) is 19.4. The number of urea groups is 1. The van der Waals surface area contributed by atoms with E-state index < -0.39 is 0 Å². The summed E-state index contributed by atoms with van der Waals surface area (Å²) in [5, 5.41) is 24.8. The number of hydrogen-bond donors (Lipinski definition) is 2. The van der Waals surface area contributed by atoms with Gasteiger partial charge >= 0.3 is 6.03 Å². The number of amides is 4. The molecule has 4 fully saturated rings. The van der Waals surface area contributed by atoms with Gasteiger partial charge in [-0.05, 0) is 93.8 Å². The Labute approximate surface area is 319 Å². The maximum atomic E-state index is 13.0. The van der Waals surface area contributed by atoms with Crippen LogP contribution in [-0.2, 0) is 4.79 Å². The van der Waals surface area contributed by atoms with E-state index in [1.807, 2.05) is 18.2 Å². The van der Waals surface area contributed by atoms with Gasteiger partial charge in [-0.1, -0.05) is 17.7 Å². The number of nitriles is 1. The van der Waals surface area contributed by atoms with Gasteiger partial charge in [0.25, 0.3) is 5.91 Å². The van der Waals surface area contributed by atoms with Gasteiger partial charge in [-0.15, -0.1) is 10.2 Å². The maximum Gasteiger partial charge on any atom is 0.328 e. The lowest BCUT2D eigenvalue weighted by Crippen LogP contribution is -2.49. The number of benzene rings is 2. The van der Waals surface area contributed by atoms with Crippen LogP contribution in [0.15, 0.2) is 60.8 Å². The molecule has 0 atom stereocenters. The van der Waals surface area contributed by atoms with Gasteiger partial charge in [0.2, 0.25) is 5.91 Å². The Bertz CT molecular complexity index is 2060. The number of fused-ring (bicyclic) bond motifs is 1. The average Bonchev–Trinajstić information content (AvgIpc) is 3.64. The molecule has 4 amide bonds. The number of hydrogen-bond acceptors (Lipinski definition) is 9. The van der Waals surface area contributed by atoms with Gasteiger partial charge in [-0.25, -0.2) is 4.79 Å². The smallest absolute Gasteiger partial charge is 0.328 e. The minimum Gasteiger partial charge on any atom is -0.490 e. The summed E-state index contributed by atoms with van der Waals surface area (Å²) in [6, 6.07) is 19.6. The van der Waals surface area contributed by atoms with Crippen LogP contribution in [0, 0.1) is 11.3 Å². The van der Waals surface area contributed by atoms with Crippen molar-refractivity contribution in [2.24, 2.45) is 0 Å².